The minimum absolute atomic E-state index is 0.129. The average molecular weight is 448 g/mol. The molecule has 32 heavy (non-hydrogen) atoms. The number of aryl methyl sites for hydroxylation is 2. The van der Waals surface area contributed by atoms with Crippen LogP contribution in [-0.2, 0) is 17.9 Å². The summed E-state index contributed by atoms with van der Waals surface area (Å²) in [4.78, 5) is 30.6. The zero-order chi connectivity index (χ0) is 22.1. The van der Waals surface area contributed by atoms with Crippen LogP contribution in [-0.4, -0.2) is 22.3 Å². The SMILES string of the molecule is Cc1ccc(-c2csc3ncn(CCC(=O)NCc4ccc5c(c4)OCO5)c(=O)c23)cc1. The maximum Gasteiger partial charge on any atom is 0.262 e. The lowest BCUT2D eigenvalue weighted by Crippen LogP contribution is -2.27. The van der Waals surface area contributed by atoms with E-state index in [0.717, 1.165) is 22.3 Å². The number of rotatable bonds is 6. The monoisotopic (exact) mass is 447 g/mol. The molecule has 8 heteroatoms. The molecule has 0 unspecified atom stereocenters. The van der Waals surface area contributed by atoms with Crippen LogP contribution in [0, 0.1) is 6.92 Å². The van der Waals surface area contributed by atoms with E-state index in [-0.39, 0.29) is 31.2 Å². The molecule has 3 heterocycles. The molecule has 1 aliphatic heterocycles. The van der Waals surface area contributed by atoms with Crippen LogP contribution in [0.2, 0.25) is 0 Å². The number of hydrogen-bond acceptors (Lipinski definition) is 6. The summed E-state index contributed by atoms with van der Waals surface area (Å²) in [6.07, 6.45) is 1.70. The molecule has 0 radical (unpaired) electrons. The molecule has 0 bridgehead atoms. The van der Waals surface area contributed by atoms with Gasteiger partial charge in [0.15, 0.2) is 11.5 Å². The molecule has 0 atom stereocenters. The average Bonchev–Trinajstić information content (AvgIpc) is 3.45. The number of aromatic nitrogens is 2. The molecular formula is C24H21N3O4S. The molecule has 1 aliphatic rings. The van der Waals surface area contributed by atoms with Gasteiger partial charge >= 0.3 is 0 Å². The molecule has 5 rings (SSSR count). The van der Waals surface area contributed by atoms with Crippen LogP contribution in [0.3, 0.4) is 0 Å². The number of hydrogen-bond donors (Lipinski definition) is 1. The van der Waals surface area contributed by atoms with E-state index in [1.54, 1.807) is 0 Å². The van der Waals surface area contributed by atoms with Crippen molar-refractivity contribution in [2.45, 2.75) is 26.4 Å². The molecule has 7 nitrogen and oxygen atoms in total. The zero-order valence-electron chi connectivity index (χ0n) is 17.5. The number of ether oxygens (including phenoxy) is 2. The number of carbonyl (C=O) groups excluding carboxylic acids is 1. The summed E-state index contributed by atoms with van der Waals surface area (Å²) < 4.78 is 12.2. The second-order valence-corrected chi connectivity index (χ2v) is 8.51. The van der Waals surface area contributed by atoms with Crippen LogP contribution < -0.4 is 20.3 Å². The standard InChI is InChI=1S/C24H21N3O4S/c1-15-2-5-17(6-3-15)18-12-32-23-22(18)24(29)27(13-26-23)9-8-21(28)25-11-16-4-7-19-20(10-16)31-14-30-19/h2-7,10,12-13H,8-9,11,14H2,1H3,(H,25,28). The van der Waals surface area contributed by atoms with Gasteiger partial charge in [-0.05, 0) is 30.2 Å². The largest absolute Gasteiger partial charge is 0.454 e. The Hall–Kier alpha value is -3.65. The normalized spacial score (nSPS) is 12.3. The summed E-state index contributed by atoms with van der Waals surface area (Å²) in [6, 6.07) is 13.6. The fourth-order valence-corrected chi connectivity index (χ4v) is 4.54. The fourth-order valence-electron chi connectivity index (χ4n) is 3.63. The fraction of sp³-hybridized carbons (Fsp3) is 0.208. The minimum Gasteiger partial charge on any atom is -0.454 e. The highest BCUT2D eigenvalue weighted by molar-refractivity contribution is 7.17. The van der Waals surface area contributed by atoms with E-state index in [0.29, 0.717) is 28.3 Å². The van der Waals surface area contributed by atoms with Gasteiger partial charge in [-0.1, -0.05) is 35.9 Å². The molecule has 0 saturated heterocycles. The molecule has 2 aromatic carbocycles. The van der Waals surface area contributed by atoms with Crippen molar-refractivity contribution in [2.24, 2.45) is 0 Å². The Morgan fingerprint density at radius 1 is 1.16 bits per heavy atom. The Bertz CT molecular complexity index is 1360. The first-order valence-electron chi connectivity index (χ1n) is 10.3. The first kappa shape index (κ1) is 20.3. The molecule has 2 aromatic heterocycles. The summed E-state index contributed by atoms with van der Waals surface area (Å²) in [5.74, 6) is 1.25. The molecular weight excluding hydrogens is 426 g/mol. The lowest BCUT2D eigenvalue weighted by Gasteiger charge is -2.08. The second-order valence-electron chi connectivity index (χ2n) is 7.65. The van der Waals surface area contributed by atoms with Crippen LogP contribution in [0.4, 0.5) is 0 Å². The van der Waals surface area contributed by atoms with Gasteiger partial charge in [0.25, 0.3) is 5.56 Å². The zero-order valence-corrected chi connectivity index (χ0v) is 18.3. The third-order valence-corrected chi connectivity index (χ3v) is 6.32. The van der Waals surface area contributed by atoms with Crippen LogP contribution in [0.25, 0.3) is 21.3 Å². The maximum atomic E-state index is 13.1. The summed E-state index contributed by atoms with van der Waals surface area (Å²) in [6.45, 7) is 2.89. The smallest absolute Gasteiger partial charge is 0.262 e. The van der Waals surface area contributed by atoms with Gasteiger partial charge in [-0.15, -0.1) is 11.3 Å². The lowest BCUT2D eigenvalue weighted by molar-refractivity contribution is -0.121. The van der Waals surface area contributed by atoms with E-state index >= 15 is 0 Å². The summed E-state index contributed by atoms with van der Waals surface area (Å²) in [5.41, 5.74) is 3.82. The van der Waals surface area contributed by atoms with Crippen molar-refractivity contribution in [1.82, 2.24) is 14.9 Å². The van der Waals surface area contributed by atoms with Crippen LogP contribution in [0.1, 0.15) is 17.5 Å². The molecule has 0 spiro atoms. The molecule has 162 valence electrons. The van der Waals surface area contributed by atoms with Gasteiger partial charge in [0.2, 0.25) is 12.7 Å². The number of thiophene rings is 1. The van der Waals surface area contributed by atoms with E-state index in [4.69, 9.17) is 9.47 Å². The summed E-state index contributed by atoms with van der Waals surface area (Å²) >= 11 is 1.45. The second kappa shape index (κ2) is 8.47. The van der Waals surface area contributed by atoms with E-state index in [9.17, 15) is 9.59 Å². The van der Waals surface area contributed by atoms with Gasteiger partial charge < -0.3 is 14.8 Å². The van der Waals surface area contributed by atoms with Gasteiger partial charge in [-0.3, -0.25) is 14.2 Å². The predicted molar refractivity (Wildman–Crippen MR) is 123 cm³/mol. The number of amides is 1. The van der Waals surface area contributed by atoms with Crippen LogP contribution in [0.15, 0.2) is 59.0 Å². The Kier molecular flexibility index (Phi) is 5.36. The van der Waals surface area contributed by atoms with Crippen LogP contribution >= 0.6 is 11.3 Å². The van der Waals surface area contributed by atoms with Crippen molar-refractivity contribution in [3.05, 3.63) is 75.7 Å². The Balaban J connectivity index is 1.27. The number of fused-ring (bicyclic) bond motifs is 2. The van der Waals surface area contributed by atoms with Gasteiger partial charge in [0.05, 0.1) is 11.7 Å². The van der Waals surface area contributed by atoms with Gasteiger partial charge in [-0.25, -0.2) is 4.98 Å². The van der Waals surface area contributed by atoms with Crippen LogP contribution in [0.5, 0.6) is 11.5 Å². The summed E-state index contributed by atoms with van der Waals surface area (Å²) in [7, 11) is 0. The Morgan fingerprint density at radius 3 is 2.81 bits per heavy atom. The van der Waals surface area contributed by atoms with Gasteiger partial charge in [0.1, 0.15) is 4.83 Å². The third kappa shape index (κ3) is 3.97. The number of nitrogens with one attached hydrogen (secondary N) is 1. The maximum absolute atomic E-state index is 13.1. The van der Waals surface area contributed by atoms with Gasteiger partial charge in [0, 0.05) is 30.5 Å². The van der Waals surface area contributed by atoms with Crippen molar-refractivity contribution in [3.63, 3.8) is 0 Å². The highest BCUT2D eigenvalue weighted by atomic mass is 32.1. The first-order valence-corrected chi connectivity index (χ1v) is 11.2. The number of carbonyl (C=O) groups is 1. The van der Waals surface area contributed by atoms with E-state index in [1.165, 1.54) is 22.2 Å². The molecule has 1 amide bonds. The van der Waals surface area contributed by atoms with Crippen molar-refractivity contribution in [2.75, 3.05) is 6.79 Å². The lowest BCUT2D eigenvalue weighted by atomic mass is 10.1. The third-order valence-electron chi connectivity index (χ3n) is 5.43. The molecule has 1 N–H and O–H groups in total. The highest BCUT2D eigenvalue weighted by Gasteiger charge is 2.15. The highest BCUT2D eigenvalue weighted by Crippen LogP contribution is 2.32. The Morgan fingerprint density at radius 2 is 1.97 bits per heavy atom. The molecule has 0 saturated carbocycles. The number of nitrogens with zero attached hydrogens (tertiary/aromatic N) is 2. The molecule has 0 aliphatic carbocycles. The van der Waals surface area contributed by atoms with Crippen molar-refractivity contribution < 1.29 is 14.3 Å². The minimum atomic E-state index is -0.140. The topological polar surface area (TPSA) is 82.5 Å². The van der Waals surface area contributed by atoms with E-state index in [1.807, 2.05) is 54.8 Å². The molecule has 0 fully saturated rings. The number of benzene rings is 2. The van der Waals surface area contributed by atoms with Crippen molar-refractivity contribution in [1.29, 1.82) is 0 Å². The quantitative estimate of drug-likeness (QED) is 0.485. The Labute approximate surface area is 188 Å². The van der Waals surface area contributed by atoms with E-state index in [2.05, 4.69) is 10.3 Å². The van der Waals surface area contributed by atoms with Crippen molar-refractivity contribution >= 4 is 27.5 Å². The summed E-state index contributed by atoms with van der Waals surface area (Å²) in [5, 5.41) is 5.45. The first-order chi connectivity index (χ1) is 15.6. The van der Waals surface area contributed by atoms with E-state index < -0.39 is 0 Å². The predicted octanol–water partition coefficient (Wildman–Crippen LogP) is 3.87. The van der Waals surface area contributed by atoms with Crippen molar-refractivity contribution in [3.8, 4) is 22.6 Å². The van der Waals surface area contributed by atoms with Gasteiger partial charge in [-0.2, -0.15) is 0 Å². The molecule has 4 aromatic rings.